The summed E-state index contributed by atoms with van der Waals surface area (Å²) >= 11 is 0. The van der Waals surface area contributed by atoms with E-state index in [0.29, 0.717) is 6.61 Å². The first-order valence-electron chi connectivity index (χ1n) is 7.60. The van der Waals surface area contributed by atoms with Crippen LogP contribution in [-0.4, -0.2) is 23.8 Å². The summed E-state index contributed by atoms with van der Waals surface area (Å²) in [4.78, 5) is 24.7. The van der Waals surface area contributed by atoms with Crippen molar-refractivity contribution in [2.75, 3.05) is 6.61 Å². The predicted octanol–water partition coefficient (Wildman–Crippen LogP) is 3.38. The van der Waals surface area contributed by atoms with Crippen LogP contribution in [-0.2, 0) is 20.1 Å². The number of amides is 1. The van der Waals surface area contributed by atoms with Crippen LogP contribution < -0.4 is 0 Å². The highest BCUT2D eigenvalue weighted by Gasteiger charge is 2.57. The molecule has 0 radical (unpaired) electrons. The second-order valence-corrected chi connectivity index (χ2v) is 5.92. The molecule has 2 aromatic carbocycles. The van der Waals surface area contributed by atoms with E-state index in [1.807, 2.05) is 67.6 Å². The number of hydrogen-bond donors (Lipinski definition) is 0. The van der Waals surface area contributed by atoms with E-state index in [1.165, 1.54) is 0 Å². The van der Waals surface area contributed by atoms with E-state index >= 15 is 0 Å². The summed E-state index contributed by atoms with van der Waals surface area (Å²) in [6.07, 6.45) is -0.903. The summed E-state index contributed by atoms with van der Waals surface area (Å²) in [5.41, 5.74) is 1.27. The summed E-state index contributed by atoms with van der Waals surface area (Å²) in [6.45, 7) is 2.23. The normalized spacial score (nSPS) is 30.0. The lowest BCUT2D eigenvalue weighted by atomic mass is 9.91. The van der Waals surface area contributed by atoms with Gasteiger partial charge in [-0.2, -0.15) is 0 Å². The Labute approximate surface area is 134 Å². The lowest BCUT2D eigenvalue weighted by Gasteiger charge is -2.48. The second-order valence-electron chi connectivity index (χ2n) is 5.92. The van der Waals surface area contributed by atoms with Gasteiger partial charge in [0.25, 0.3) is 0 Å². The Morgan fingerprint density at radius 3 is 2.30 bits per heavy atom. The molecular formula is C18H17NO4. The SMILES string of the molecule is CC1(c2ccccc2)OOC1N1C(=O)OC[C@@H]1c1ccccc1. The highest BCUT2D eigenvalue weighted by atomic mass is 17.3. The van der Waals surface area contributed by atoms with Gasteiger partial charge in [-0.3, -0.25) is 4.90 Å². The van der Waals surface area contributed by atoms with Crippen molar-refractivity contribution in [3.05, 3.63) is 71.8 Å². The van der Waals surface area contributed by atoms with Gasteiger partial charge >= 0.3 is 6.09 Å². The smallest absolute Gasteiger partial charge is 0.412 e. The first-order valence-corrected chi connectivity index (χ1v) is 7.60. The summed E-state index contributed by atoms with van der Waals surface area (Å²) < 4.78 is 5.27. The monoisotopic (exact) mass is 311 g/mol. The van der Waals surface area contributed by atoms with Crippen LogP contribution in [0.25, 0.3) is 0 Å². The molecule has 0 aromatic heterocycles. The molecule has 2 unspecified atom stereocenters. The molecule has 5 nitrogen and oxygen atoms in total. The van der Waals surface area contributed by atoms with Gasteiger partial charge in [0, 0.05) is 0 Å². The number of carbonyl (C=O) groups is 1. The molecule has 23 heavy (non-hydrogen) atoms. The minimum absolute atomic E-state index is 0.180. The molecule has 0 saturated carbocycles. The minimum Gasteiger partial charge on any atom is -0.447 e. The van der Waals surface area contributed by atoms with Gasteiger partial charge in [-0.1, -0.05) is 60.7 Å². The van der Waals surface area contributed by atoms with Crippen LogP contribution in [0.4, 0.5) is 4.79 Å². The topological polar surface area (TPSA) is 48.0 Å². The van der Waals surface area contributed by atoms with Crippen LogP contribution in [0.15, 0.2) is 60.7 Å². The average Bonchev–Trinajstić information content (AvgIpc) is 2.96. The van der Waals surface area contributed by atoms with Gasteiger partial charge in [-0.15, -0.1) is 0 Å². The molecule has 0 spiro atoms. The fourth-order valence-electron chi connectivity index (χ4n) is 3.13. The quantitative estimate of drug-likeness (QED) is 0.815. The molecule has 0 aliphatic carbocycles. The molecule has 2 aliphatic rings. The molecule has 3 atom stereocenters. The third-order valence-electron chi connectivity index (χ3n) is 4.48. The van der Waals surface area contributed by atoms with E-state index in [0.717, 1.165) is 11.1 Å². The molecule has 2 heterocycles. The number of cyclic esters (lactones) is 1. The Kier molecular flexibility index (Phi) is 3.32. The molecule has 2 aromatic rings. The van der Waals surface area contributed by atoms with Crippen molar-refractivity contribution >= 4 is 6.09 Å². The fraction of sp³-hybridized carbons (Fsp3) is 0.278. The van der Waals surface area contributed by atoms with Crippen molar-refractivity contribution in [3.8, 4) is 0 Å². The van der Waals surface area contributed by atoms with Crippen molar-refractivity contribution in [1.29, 1.82) is 0 Å². The summed E-state index contributed by atoms with van der Waals surface area (Å²) in [7, 11) is 0. The van der Waals surface area contributed by atoms with Crippen LogP contribution in [0, 0.1) is 0 Å². The zero-order valence-corrected chi connectivity index (χ0v) is 12.7. The zero-order chi connectivity index (χ0) is 15.9. The maximum absolute atomic E-state index is 12.3. The maximum atomic E-state index is 12.3. The van der Waals surface area contributed by atoms with Gasteiger partial charge in [0.2, 0.25) is 6.23 Å². The van der Waals surface area contributed by atoms with Gasteiger partial charge < -0.3 is 4.74 Å². The fourth-order valence-corrected chi connectivity index (χ4v) is 3.13. The molecule has 2 fully saturated rings. The molecular weight excluding hydrogens is 294 g/mol. The van der Waals surface area contributed by atoms with Crippen LogP contribution in [0.2, 0.25) is 0 Å². The molecule has 0 bridgehead atoms. The number of nitrogens with zero attached hydrogens (tertiary/aromatic N) is 1. The number of ether oxygens (including phenoxy) is 1. The standard InChI is InChI=1S/C18H17NO4/c1-18(14-10-6-3-7-11-14)16(22-23-18)19-15(12-21-17(19)20)13-8-4-2-5-9-13/h2-11,15-16H,12H2,1H3/t15-,16?,18?/m1/s1. The second kappa shape index (κ2) is 5.37. The largest absolute Gasteiger partial charge is 0.447 e. The van der Waals surface area contributed by atoms with Crippen LogP contribution in [0.3, 0.4) is 0 Å². The van der Waals surface area contributed by atoms with E-state index < -0.39 is 11.8 Å². The average molecular weight is 311 g/mol. The predicted molar refractivity (Wildman–Crippen MR) is 82.1 cm³/mol. The number of carbonyl (C=O) groups excluding carboxylic acids is 1. The lowest BCUT2D eigenvalue weighted by Crippen LogP contribution is -2.61. The Balaban J connectivity index is 1.67. The Morgan fingerprint density at radius 1 is 1.04 bits per heavy atom. The van der Waals surface area contributed by atoms with Crippen LogP contribution in [0.1, 0.15) is 24.1 Å². The number of rotatable bonds is 3. The Morgan fingerprint density at radius 2 is 1.70 bits per heavy atom. The molecule has 4 rings (SSSR count). The highest BCUT2D eigenvalue weighted by Crippen LogP contribution is 2.45. The summed E-state index contributed by atoms with van der Waals surface area (Å²) in [5.74, 6) is 0. The number of benzene rings is 2. The van der Waals surface area contributed by atoms with E-state index in [9.17, 15) is 4.79 Å². The van der Waals surface area contributed by atoms with E-state index in [-0.39, 0.29) is 12.1 Å². The van der Waals surface area contributed by atoms with E-state index in [2.05, 4.69) is 0 Å². The van der Waals surface area contributed by atoms with Gasteiger partial charge in [0.05, 0.1) is 6.04 Å². The van der Waals surface area contributed by atoms with Crippen molar-refractivity contribution in [3.63, 3.8) is 0 Å². The van der Waals surface area contributed by atoms with E-state index in [1.54, 1.807) is 4.90 Å². The molecule has 1 amide bonds. The van der Waals surface area contributed by atoms with Gasteiger partial charge in [0.1, 0.15) is 6.61 Å². The summed E-state index contributed by atoms with van der Waals surface area (Å²) in [5, 5.41) is 0. The van der Waals surface area contributed by atoms with Crippen molar-refractivity contribution in [1.82, 2.24) is 4.90 Å². The Hall–Kier alpha value is -2.37. The molecule has 2 aliphatic heterocycles. The maximum Gasteiger partial charge on any atom is 0.412 e. The lowest BCUT2D eigenvalue weighted by molar-refractivity contribution is -0.536. The van der Waals surface area contributed by atoms with Gasteiger partial charge in [0.15, 0.2) is 5.60 Å². The molecule has 5 heteroatoms. The third-order valence-corrected chi connectivity index (χ3v) is 4.48. The van der Waals surface area contributed by atoms with Crippen molar-refractivity contribution < 1.29 is 19.3 Å². The first-order chi connectivity index (χ1) is 11.2. The molecule has 118 valence electrons. The number of hydrogen-bond acceptors (Lipinski definition) is 4. The van der Waals surface area contributed by atoms with Crippen LogP contribution >= 0.6 is 0 Å². The zero-order valence-electron chi connectivity index (χ0n) is 12.7. The first kappa shape index (κ1) is 14.2. The molecule has 2 saturated heterocycles. The highest BCUT2D eigenvalue weighted by molar-refractivity contribution is 5.71. The van der Waals surface area contributed by atoms with Crippen molar-refractivity contribution in [2.24, 2.45) is 0 Å². The van der Waals surface area contributed by atoms with E-state index in [4.69, 9.17) is 14.5 Å². The molecule has 0 N–H and O–H groups in total. The van der Waals surface area contributed by atoms with Crippen molar-refractivity contribution in [2.45, 2.75) is 24.8 Å². The summed E-state index contributed by atoms with van der Waals surface area (Å²) in [6, 6.07) is 19.4. The third kappa shape index (κ3) is 2.20. The van der Waals surface area contributed by atoms with Gasteiger partial charge in [-0.25, -0.2) is 14.6 Å². The van der Waals surface area contributed by atoms with Gasteiger partial charge in [-0.05, 0) is 18.1 Å². The Bertz CT molecular complexity index is 705. The minimum atomic E-state index is -0.711. The van der Waals surface area contributed by atoms with Crippen LogP contribution in [0.5, 0.6) is 0 Å².